The number of nitrogens with zero attached hydrogens (tertiary/aromatic N) is 4. The fourth-order valence-electron chi connectivity index (χ4n) is 3.36. The van der Waals surface area contributed by atoms with E-state index in [1.54, 1.807) is 48.3 Å². The molecule has 0 saturated heterocycles. The van der Waals surface area contributed by atoms with Crippen molar-refractivity contribution in [2.45, 2.75) is 32.9 Å². The molecule has 3 atom stereocenters. The molecule has 3 heterocycles. The Labute approximate surface area is 188 Å². The number of aromatic nitrogens is 2. The molecule has 0 bridgehead atoms. The maximum absolute atomic E-state index is 13.4. The van der Waals surface area contributed by atoms with Crippen LogP contribution in [-0.4, -0.2) is 75.6 Å². The van der Waals surface area contributed by atoms with Gasteiger partial charge in [0.1, 0.15) is 17.4 Å². The summed E-state index contributed by atoms with van der Waals surface area (Å²) in [7, 11) is 1.71. The van der Waals surface area contributed by atoms with Crippen molar-refractivity contribution < 1.29 is 19.4 Å². The van der Waals surface area contributed by atoms with E-state index < -0.39 is 0 Å². The molecule has 0 fully saturated rings. The summed E-state index contributed by atoms with van der Waals surface area (Å²) in [5.74, 6) is 5.70. The standard InChI is InChI=1S/C24H28N4O4/c1-16-13-28(17(2)15-29)24(31)21-11-19(8-9-20-7-5-6-10-25-20)12-26-23(21)32-22(16)14-27(4)18(3)30/h5-7,10-12,16-17,22,29H,13-15H2,1-4H3/t16-,17+,22-/m1/s1. The van der Waals surface area contributed by atoms with E-state index >= 15 is 0 Å². The van der Waals surface area contributed by atoms with Crippen LogP contribution in [0.2, 0.25) is 0 Å². The first-order chi connectivity index (χ1) is 15.3. The monoisotopic (exact) mass is 436 g/mol. The lowest BCUT2D eigenvalue weighted by Crippen LogP contribution is -2.50. The number of carbonyl (C=O) groups is 2. The Balaban J connectivity index is 2.00. The maximum Gasteiger partial charge on any atom is 0.259 e. The third-order valence-corrected chi connectivity index (χ3v) is 5.51. The zero-order chi connectivity index (χ0) is 23.3. The largest absolute Gasteiger partial charge is 0.472 e. The molecule has 1 aliphatic rings. The van der Waals surface area contributed by atoms with E-state index in [0.717, 1.165) is 0 Å². The van der Waals surface area contributed by atoms with Gasteiger partial charge < -0.3 is 19.6 Å². The van der Waals surface area contributed by atoms with E-state index in [9.17, 15) is 14.7 Å². The lowest BCUT2D eigenvalue weighted by atomic mass is 10.00. The van der Waals surface area contributed by atoms with Crippen molar-refractivity contribution in [2.24, 2.45) is 5.92 Å². The van der Waals surface area contributed by atoms with Crippen LogP contribution >= 0.6 is 0 Å². The molecule has 0 saturated carbocycles. The number of carbonyl (C=O) groups excluding carboxylic acids is 2. The number of pyridine rings is 2. The van der Waals surface area contributed by atoms with Crippen LogP contribution in [0.5, 0.6) is 5.88 Å². The SMILES string of the molecule is CC(=O)N(C)C[C@H]1Oc2ncc(C#Cc3ccccn3)cc2C(=O)N([C@@H](C)CO)C[C@H]1C. The second-order valence-corrected chi connectivity index (χ2v) is 8.06. The van der Waals surface area contributed by atoms with Crippen molar-refractivity contribution in [3.05, 3.63) is 53.5 Å². The molecule has 8 nitrogen and oxygen atoms in total. The molecular weight excluding hydrogens is 408 g/mol. The molecule has 3 rings (SSSR count). The van der Waals surface area contributed by atoms with E-state index in [0.29, 0.717) is 24.3 Å². The maximum atomic E-state index is 13.4. The second kappa shape index (κ2) is 10.2. The average molecular weight is 437 g/mol. The predicted molar refractivity (Wildman–Crippen MR) is 119 cm³/mol. The normalized spacial score (nSPS) is 18.9. The van der Waals surface area contributed by atoms with Crippen molar-refractivity contribution in [1.82, 2.24) is 19.8 Å². The minimum atomic E-state index is -0.384. The topological polar surface area (TPSA) is 95.9 Å². The number of likely N-dealkylation sites (N-methyl/N-ethyl adjacent to an activating group) is 1. The van der Waals surface area contributed by atoms with Crippen LogP contribution in [0.15, 0.2) is 36.7 Å². The van der Waals surface area contributed by atoms with Crippen molar-refractivity contribution in [3.63, 3.8) is 0 Å². The van der Waals surface area contributed by atoms with Gasteiger partial charge in [0.15, 0.2) is 0 Å². The van der Waals surface area contributed by atoms with Crippen LogP contribution in [0.1, 0.15) is 42.4 Å². The molecule has 1 aliphatic heterocycles. The molecule has 1 N–H and O–H groups in total. The van der Waals surface area contributed by atoms with Gasteiger partial charge in [-0.3, -0.25) is 9.59 Å². The predicted octanol–water partition coefficient (Wildman–Crippen LogP) is 1.57. The Bertz CT molecular complexity index is 1030. The van der Waals surface area contributed by atoms with E-state index in [2.05, 4.69) is 21.8 Å². The Morgan fingerprint density at radius 3 is 2.81 bits per heavy atom. The first-order valence-corrected chi connectivity index (χ1v) is 10.5. The molecule has 0 spiro atoms. The van der Waals surface area contributed by atoms with Gasteiger partial charge in [-0.1, -0.05) is 18.9 Å². The van der Waals surface area contributed by atoms with Crippen molar-refractivity contribution in [1.29, 1.82) is 0 Å². The zero-order valence-corrected chi connectivity index (χ0v) is 18.8. The summed E-state index contributed by atoms with van der Waals surface area (Å²) in [6, 6.07) is 6.72. The first kappa shape index (κ1) is 23.2. The first-order valence-electron chi connectivity index (χ1n) is 10.5. The smallest absolute Gasteiger partial charge is 0.259 e. The lowest BCUT2D eigenvalue weighted by Gasteiger charge is -2.37. The van der Waals surface area contributed by atoms with Crippen molar-refractivity contribution >= 4 is 11.8 Å². The summed E-state index contributed by atoms with van der Waals surface area (Å²) in [4.78, 5) is 36.9. The molecule has 0 unspecified atom stereocenters. The van der Waals surface area contributed by atoms with E-state index in [1.807, 2.05) is 19.1 Å². The van der Waals surface area contributed by atoms with Gasteiger partial charge in [0.25, 0.3) is 5.91 Å². The van der Waals surface area contributed by atoms with Gasteiger partial charge in [0.05, 0.1) is 19.2 Å². The second-order valence-electron chi connectivity index (χ2n) is 8.06. The summed E-state index contributed by atoms with van der Waals surface area (Å²) in [5, 5.41) is 9.73. The highest BCUT2D eigenvalue weighted by Crippen LogP contribution is 2.27. The molecule has 32 heavy (non-hydrogen) atoms. The highest BCUT2D eigenvalue weighted by molar-refractivity contribution is 5.97. The number of aliphatic hydroxyl groups excluding tert-OH is 1. The van der Waals surface area contributed by atoms with Crippen LogP contribution in [0, 0.1) is 17.8 Å². The highest BCUT2D eigenvalue weighted by atomic mass is 16.5. The van der Waals surface area contributed by atoms with Gasteiger partial charge in [-0.05, 0) is 31.0 Å². The van der Waals surface area contributed by atoms with Gasteiger partial charge in [0, 0.05) is 44.4 Å². The van der Waals surface area contributed by atoms with Crippen LogP contribution < -0.4 is 4.74 Å². The zero-order valence-electron chi connectivity index (χ0n) is 18.8. The van der Waals surface area contributed by atoms with Crippen LogP contribution in [-0.2, 0) is 4.79 Å². The molecule has 0 aromatic carbocycles. The Hall–Kier alpha value is -3.44. The summed E-state index contributed by atoms with van der Waals surface area (Å²) in [6.07, 6.45) is 2.84. The van der Waals surface area contributed by atoms with Gasteiger partial charge >= 0.3 is 0 Å². The number of hydrogen-bond acceptors (Lipinski definition) is 6. The molecule has 8 heteroatoms. The number of hydrogen-bond donors (Lipinski definition) is 1. The van der Waals surface area contributed by atoms with Crippen molar-refractivity contribution in [2.75, 3.05) is 26.7 Å². The van der Waals surface area contributed by atoms with Gasteiger partial charge in [-0.2, -0.15) is 0 Å². The van der Waals surface area contributed by atoms with Crippen molar-refractivity contribution in [3.8, 4) is 17.7 Å². The van der Waals surface area contributed by atoms with Crippen LogP contribution in [0.25, 0.3) is 0 Å². The summed E-state index contributed by atoms with van der Waals surface area (Å²) in [5.41, 5.74) is 1.44. The Kier molecular flexibility index (Phi) is 7.44. The van der Waals surface area contributed by atoms with Gasteiger partial charge in [-0.25, -0.2) is 9.97 Å². The number of rotatable bonds is 4. The quantitative estimate of drug-likeness (QED) is 0.731. The van der Waals surface area contributed by atoms with E-state index in [1.165, 1.54) is 6.92 Å². The average Bonchev–Trinajstić information content (AvgIpc) is 2.80. The Morgan fingerprint density at radius 1 is 1.38 bits per heavy atom. The molecule has 168 valence electrons. The summed E-state index contributed by atoms with van der Waals surface area (Å²) < 4.78 is 6.14. The summed E-state index contributed by atoms with van der Waals surface area (Å²) >= 11 is 0. The minimum absolute atomic E-state index is 0.0761. The summed E-state index contributed by atoms with van der Waals surface area (Å²) in [6.45, 7) is 5.81. The fraction of sp³-hybridized carbons (Fsp3) is 0.417. The molecule has 2 aromatic heterocycles. The molecular formula is C24H28N4O4. The molecule has 0 radical (unpaired) electrons. The van der Waals surface area contributed by atoms with E-state index in [4.69, 9.17) is 4.74 Å². The third-order valence-electron chi connectivity index (χ3n) is 5.51. The van der Waals surface area contributed by atoms with Gasteiger partial charge in [0.2, 0.25) is 11.8 Å². The molecule has 0 aliphatic carbocycles. The lowest BCUT2D eigenvalue weighted by molar-refractivity contribution is -0.129. The van der Waals surface area contributed by atoms with Crippen LogP contribution in [0.4, 0.5) is 0 Å². The Morgan fingerprint density at radius 2 is 2.16 bits per heavy atom. The number of aliphatic hydroxyl groups is 1. The van der Waals surface area contributed by atoms with Gasteiger partial charge in [-0.15, -0.1) is 0 Å². The number of fused-ring (bicyclic) bond motifs is 1. The molecule has 2 aromatic rings. The van der Waals surface area contributed by atoms with Crippen LogP contribution in [0.3, 0.4) is 0 Å². The number of ether oxygens (including phenoxy) is 1. The minimum Gasteiger partial charge on any atom is -0.472 e. The number of amides is 2. The molecule has 2 amide bonds. The fourth-order valence-corrected chi connectivity index (χ4v) is 3.36. The third kappa shape index (κ3) is 5.42. The van der Waals surface area contributed by atoms with E-state index in [-0.39, 0.29) is 47.9 Å². The highest BCUT2D eigenvalue weighted by Gasteiger charge is 2.34.